The van der Waals surface area contributed by atoms with Gasteiger partial charge in [-0.1, -0.05) is 6.92 Å². The average Bonchev–Trinajstić information content (AvgIpc) is 3.19. The van der Waals surface area contributed by atoms with Gasteiger partial charge in [0, 0.05) is 54.8 Å². The Balaban J connectivity index is 1.62. The molecule has 1 spiro atoms. The van der Waals surface area contributed by atoms with Crippen LogP contribution in [0.25, 0.3) is 0 Å². The van der Waals surface area contributed by atoms with Gasteiger partial charge < -0.3 is 31.9 Å². The molecule has 10 heteroatoms. The number of carbonyl (C=O) groups excluding carboxylic acids is 2. The van der Waals surface area contributed by atoms with E-state index in [0.29, 0.717) is 25.3 Å². The van der Waals surface area contributed by atoms with Crippen LogP contribution in [0.4, 0.5) is 0 Å². The van der Waals surface area contributed by atoms with E-state index in [1.54, 1.807) is 24.6 Å². The summed E-state index contributed by atoms with van der Waals surface area (Å²) in [5, 5.41) is 14.8. The van der Waals surface area contributed by atoms with Gasteiger partial charge in [-0.05, 0) is 36.8 Å². The number of aliphatic hydroxyl groups excluding tert-OH is 1. The first-order chi connectivity index (χ1) is 15.8. The molecule has 0 aromatic carbocycles. The van der Waals surface area contributed by atoms with Crippen LogP contribution in [0.15, 0.2) is 29.8 Å². The number of rotatable bonds is 9. The summed E-state index contributed by atoms with van der Waals surface area (Å²) in [5.41, 5.74) is 13.4. The minimum Gasteiger partial charge on any atom is -0.515 e. The third kappa shape index (κ3) is 6.07. The molecule has 2 aliphatic heterocycles. The van der Waals surface area contributed by atoms with E-state index in [0.717, 1.165) is 38.6 Å². The number of amides is 2. The van der Waals surface area contributed by atoms with E-state index in [1.807, 2.05) is 6.92 Å². The molecule has 0 bridgehead atoms. The summed E-state index contributed by atoms with van der Waals surface area (Å²) in [6.07, 6.45) is 5.84. The summed E-state index contributed by atoms with van der Waals surface area (Å²) in [5.74, 6) is -0.833. The van der Waals surface area contributed by atoms with Crippen LogP contribution < -0.4 is 22.1 Å². The number of nitrogens with zero attached hydrogens (tertiary/aromatic N) is 1. The minimum atomic E-state index is -0.587. The lowest BCUT2D eigenvalue weighted by Gasteiger charge is -2.44. The maximum Gasteiger partial charge on any atom is 0.247 e. The van der Waals surface area contributed by atoms with Gasteiger partial charge in [0.2, 0.25) is 11.8 Å². The summed E-state index contributed by atoms with van der Waals surface area (Å²) in [6.45, 7) is 5.17. The topological polar surface area (TPSA) is 143 Å². The number of ether oxygens (including phenoxy) is 1. The monoisotopic (exact) mass is 477 g/mol. The third-order valence-corrected chi connectivity index (χ3v) is 7.64. The number of nitrogens with two attached hydrogens (primary N) is 2. The molecule has 1 aromatic heterocycles. The number of aliphatic hydroxyl groups is 1. The molecule has 1 unspecified atom stereocenters. The van der Waals surface area contributed by atoms with Crippen LogP contribution in [0.1, 0.15) is 35.1 Å². The molecule has 2 aliphatic rings. The Morgan fingerprint density at radius 3 is 2.73 bits per heavy atom. The second kappa shape index (κ2) is 11.0. The average molecular weight is 478 g/mol. The van der Waals surface area contributed by atoms with Crippen LogP contribution in [0.5, 0.6) is 0 Å². The van der Waals surface area contributed by atoms with E-state index in [9.17, 15) is 14.7 Å². The van der Waals surface area contributed by atoms with Gasteiger partial charge in [-0.2, -0.15) is 0 Å². The summed E-state index contributed by atoms with van der Waals surface area (Å²) < 4.78 is 6.37. The van der Waals surface area contributed by atoms with Crippen molar-refractivity contribution in [2.45, 2.75) is 38.2 Å². The van der Waals surface area contributed by atoms with Crippen LogP contribution in [0.2, 0.25) is 0 Å². The Bertz CT molecular complexity index is 918. The lowest BCUT2D eigenvalue weighted by Crippen LogP contribution is -2.47. The molecule has 182 valence electrons. The zero-order valence-electron chi connectivity index (χ0n) is 19.4. The van der Waals surface area contributed by atoms with Crippen LogP contribution >= 0.6 is 11.3 Å². The molecule has 7 N–H and O–H groups in total. The molecular formula is C23H35N5O4S. The van der Waals surface area contributed by atoms with E-state index >= 15 is 0 Å². The maximum absolute atomic E-state index is 11.5. The van der Waals surface area contributed by atoms with Gasteiger partial charge in [0.05, 0.1) is 30.6 Å². The molecule has 1 aromatic rings. The van der Waals surface area contributed by atoms with Crippen LogP contribution in [0.3, 0.4) is 0 Å². The smallest absolute Gasteiger partial charge is 0.247 e. The van der Waals surface area contributed by atoms with Gasteiger partial charge in [-0.25, -0.2) is 0 Å². The molecule has 1 fully saturated rings. The number of nitrogens with one attached hydrogen (secondary N) is 2. The number of hydrogen-bond acceptors (Lipinski definition) is 8. The first-order valence-electron chi connectivity index (χ1n) is 11.3. The van der Waals surface area contributed by atoms with Crippen LogP contribution in [0, 0.1) is 5.92 Å². The summed E-state index contributed by atoms with van der Waals surface area (Å²) >= 11 is 1.77. The SMILES string of the molecule is CNC(=O)CN/C=C(\N)CN1CCC2(CC1)OCCc1sc(CC(C)/C(=C\O)C(N)=O)cc12. The first-order valence-corrected chi connectivity index (χ1v) is 12.1. The lowest BCUT2D eigenvalue weighted by molar-refractivity contribution is -0.119. The highest BCUT2D eigenvalue weighted by atomic mass is 32.1. The second-order valence-electron chi connectivity index (χ2n) is 8.75. The van der Waals surface area contributed by atoms with Crippen molar-refractivity contribution in [2.75, 3.05) is 39.8 Å². The highest BCUT2D eigenvalue weighted by Crippen LogP contribution is 2.45. The van der Waals surface area contributed by atoms with Gasteiger partial charge in [0.25, 0.3) is 0 Å². The molecule has 33 heavy (non-hydrogen) atoms. The van der Waals surface area contributed by atoms with Gasteiger partial charge in [-0.3, -0.25) is 14.5 Å². The van der Waals surface area contributed by atoms with Crippen molar-refractivity contribution >= 4 is 23.2 Å². The number of carbonyl (C=O) groups is 2. The van der Waals surface area contributed by atoms with Crippen molar-refractivity contribution in [2.24, 2.45) is 17.4 Å². The third-order valence-electron chi connectivity index (χ3n) is 6.42. The second-order valence-corrected chi connectivity index (χ2v) is 9.97. The predicted octanol–water partition coefficient (Wildman–Crippen LogP) is 0.853. The van der Waals surface area contributed by atoms with E-state index in [2.05, 4.69) is 21.6 Å². The van der Waals surface area contributed by atoms with Crippen LogP contribution in [-0.2, 0) is 32.8 Å². The zero-order chi connectivity index (χ0) is 24.0. The molecule has 9 nitrogen and oxygen atoms in total. The highest BCUT2D eigenvalue weighted by Gasteiger charge is 2.42. The van der Waals surface area contributed by atoms with Crippen molar-refractivity contribution in [3.8, 4) is 0 Å². The van der Waals surface area contributed by atoms with Crippen LogP contribution in [-0.4, -0.2) is 61.7 Å². The normalized spacial score (nSPS) is 19.7. The number of fused-ring (bicyclic) bond motifs is 2. The lowest BCUT2D eigenvalue weighted by atomic mass is 9.82. The van der Waals surface area contributed by atoms with E-state index in [4.69, 9.17) is 16.2 Å². The highest BCUT2D eigenvalue weighted by molar-refractivity contribution is 7.12. The van der Waals surface area contributed by atoms with Crippen molar-refractivity contribution in [1.82, 2.24) is 15.5 Å². The quantitative estimate of drug-likeness (QED) is 0.262. The number of likely N-dealkylation sites (tertiary alicyclic amines) is 1. The fourth-order valence-corrected chi connectivity index (χ4v) is 5.94. The Kier molecular flexibility index (Phi) is 8.39. The van der Waals surface area contributed by atoms with Gasteiger partial charge in [-0.15, -0.1) is 11.3 Å². The molecule has 3 heterocycles. The number of likely N-dealkylation sites (N-methyl/N-ethyl adjacent to an activating group) is 1. The Labute approximate surface area is 198 Å². The fourth-order valence-electron chi connectivity index (χ4n) is 4.57. The van der Waals surface area contributed by atoms with Crippen molar-refractivity contribution in [3.63, 3.8) is 0 Å². The number of primary amides is 1. The summed E-state index contributed by atoms with van der Waals surface area (Å²) in [4.78, 5) is 27.7. The van der Waals surface area contributed by atoms with Gasteiger partial charge >= 0.3 is 0 Å². The molecule has 1 atom stereocenters. The number of hydrogen-bond donors (Lipinski definition) is 5. The Morgan fingerprint density at radius 1 is 1.36 bits per heavy atom. The maximum atomic E-state index is 11.5. The predicted molar refractivity (Wildman–Crippen MR) is 128 cm³/mol. The minimum absolute atomic E-state index is 0.0908. The summed E-state index contributed by atoms with van der Waals surface area (Å²) in [7, 11) is 1.60. The standard InChI is InChI=1S/C23H35N5O4S/c1-15(18(14-29)22(25)31)9-17-10-19-20(33-17)3-8-32-23(19)4-6-28(7-5-23)13-16(24)11-27-12-21(30)26-2/h10-11,14-15,27,29H,3-9,12-13,24H2,1-2H3,(H2,25,31)(H,26,30)/b16-11-,18-14+. The van der Waals surface area contributed by atoms with Crippen molar-refractivity contribution in [3.05, 3.63) is 45.1 Å². The van der Waals surface area contributed by atoms with Crippen molar-refractivity contribution in [1.29, 1.82) is 0 Å². The Morgan fingerprint density at radius 2 is 2.09 bits per heavy atom. The van der Waals surface area contributed by atoms with Gasteiger partial charge in [0.15, 0.2) is 0 Å². The van der Waals surface area contributed by atoms with E-state index in [-0.39, 0.29) is 29.5 Å². The largest absolute Gasteiger partial charge is 0.515 e. The number of thiophene rings is 1. The molecular weight excluding hydrogens is 442 g/mol. The molecule has 0 aliphatic carbocycles. The van der Waals surface area contributed by atoms with Crippen molar-refractivity contribution < 1.29 is 19.4 Å². The fraction of sp³-hybridized carbons (Fsp3) is 0.565. The summed E-state index contributed by atoms with van der Waals surface area (Å²) in [6, 6.07) is 2.22. The van der Waals surface area contributed by atoms with E-state index < -0.39 is 5.91 Å². The number of piperidine rings is 1. The molecule has 0 saturated carbocycles. The first kappa shape index (κ1) is 25.1. The molecule has 0 radical (unpaired) electrons. The zero-order valence-corrected chi connectivity index (χ0v) is 20.2. The molecule has 1 saturated heterocycles. The van der Waals surface area contributed by atoms with E-state index in [1.165, 1.54) is 15.3 Å². The van der Waals surface area contributed by atoms with Gasteiger partial charge in [0.1, 0.15) is 0 Å². The molecule has 3 rings (SSSR count). The molecule has 2 amide bonds. The Hall–Kier alpha value is -2.56.